The summed E-state index contributed by atoms with van der Waals surface area (Å²) in [6, 6.07) is 5.22. The second-order valence-corrected chi connectivity index (χ2v) is 6.99. The molecule has 0 aromatic heterocycles. The van der Waals surface area contributed by atoms with Crippen molar-refractivity contribution in [1.29, 1.82) is 5.26 Å². The molecule has 1 heterocycles. The largest absolute Gasteiger partial charge is 0.493 e. The smallest absolute Gasteiger partial charge is 0.341 e. The van der Waals surface area contributed by atoms with Crippen molar-refractivity contribution in [2.24, 2.45) is 5.73 Å². The number of methoxy groups -OCH3 is 1. The lowest BCUT2D eigenvalue weighted by Crippen LogP contribution is -2.25. The molecule has 0 spiro atoms. The number of nitrogens with zero attached hydrogens (tertiary/aromatic N) is 1. The van der Waals surface area contributed by atoms with E-state index < -0.39 is 24.5 Å². The number of hydrogen-bond donors (Lipinski definition) is 2. The number of esters is 1. The number of benzene rings is 1. The summed E-state index contributed by atoms with van der Waals surface area (Å²) in [4.78, 5) is 23.4. The Labute approximate surface area is 180 Å². The van der Waals surface area contributed by atoms with Crippen molar-refractivity contribution < 1.29 is 33.6 Å². The minimum Gasteiger partial charge on any atom is -0.493 e. The van der Waals surface area contributed by atoms with Gasteiger partial charge in [0.2, 0.25) is 5.88 Å². The highest BCUT2D eigenvalue weighted by Gasteiger charge is 2.37. The zero-order valence-electron chi connectivity index (χ0n) is 15.9. The van der Waals surface area contributed by atoms with Gasteiger partial charge in [-0.1, -0.05) is 0 Å². The maximum absolute atomic E-state index is 12.6. The van der Waals surface area contributed by atoms with E-state index >= 15 is 0 Å². The molecule has 154 valence electrons. The van der Waals surface area contributed by atoms with Crippen LogP contribution < -0.4 is 15.2 Å². The van der Waals surface area contributed by atoms with Crippen LogP contribution in [-0.2, 0) is 19.1 Å². The van der Waals surface area contributed by atoms with Gasteiger partial charge in [-0.15, -0.1) is 0 Å². The van der Waals surface area contributed by atoms with E-state index in [0.717, 1.165) is 0 Å². The number of hydrogen-bond acceptors (Lipinski definition) is 8. The first-order chi connectivity index (χ1) is 13.7. The number of carboxylic acid groups (broad SMARTS) is 1. The maximum atomic E-state index is 12.6. The molecule has 1 unspecified atom stereocenters. The SMILES string of the molecule is CCOC(=O)C1=C(C)OC(N)=C(C#N)C1c1cc(I)c(OCC(=O)O)c(OC)c1. The monoisotopic (exact) mass is 514 g/mol. The molecular weight excluding hydrogens is 495 g/mol. The van der Waals surface area contributed by atoms with Crippen LogP contribution in [0.5, 0.6) is 11.5 Å². The number of ether oxygens (including phenoxy) is 4. The van der Waals surface area contributed by atoms with E-state index in [1.54, 1.807) is 26.0 Å². The molecule has 2 rings (SSSR count). The van der Waals surface area contributed by atoms with E-state index in [4.69, 9.17) is 29.8 Å². The third-order valence-electron chi connectivity index (χ3n) is 4.03. The number of rotatable bonds is 7. The van der Waals surface area contributed by atoms with Gasteiger partial charge >= 0.3 is 11.9 Å². The summed E-state index contributed by atoms with van der Waals surface area (Å²) in [5, 5.41) is 18.5. The van der Waals surface area contributed by atoms with Crippen LogP contribution in [0.25, 0.3) is 0 Å². The lowest BCUT2D eigenvalue weighted by atomic mass is 9.83. The molecule has 0 aliphatic carbocycles. The summed E-state index contributed by atoms with van der Waals surface area (Å²) in [7, 11) is 1.40. The van der Waals surface area contributed by atoms with Crippen LogP contribution in [-0.4, -0.2) is 37.4 Å². The molecule has 3 N–H and O–H groups in total. The predicted molar refractivity (Wildman–Crippen MR) is 109 cm³/mol. The van der Waals surface area contributed by atoms with Crippen molar-refractivity contribution in [3.05, 3.63) is 44.1 Å². The number of halogens is 1. The molecular formula is C19H19IN2O7. The number of carbonyl (C=O) groups is 2. The zero-order chi connectivity index (χ0) is 21.7. The summed E-state index contributed by atoms with van der Waals surface area (Å²) in [6.07, 6.45) is 0. The van der Waals surface area contributed by atoms with Gasteiger partial charge in [0.25, 0.3) is 0 Å². The number of allylic oxidation sites excluding steroid dienone is 2. The standard InChI is InChI=1S/C19H19IN2O7/c1-4-27-19(25)15-9(2)29-18(22)11(7-21)16(15)10-5-12(20)17(13(6-10)26-3)28-8-14(23)24/h5-6,16H,4,8,22H2,1-3H3,(H,23,24). The van der Waals surface area contributed by atoms with Gasteiger partial charge in [0.05, 0.1) is 28.8 Å². The highest BCUT2D eigenvalue weighted by Crippen LogP contribution is 2.43. The summed E-state index contributed by atoms with van der Waals surface area (Å²) in [6.45, 7) is 2.83. The van der Waals surface area contributed by atoms with Crippen LogP contribution in [0.4, 0.5) is 0 Å². The Morgan fingerprint density at radius 3 is 2.66 bits per heavy atom. The lowest BCUT2D eigenvalue weighted by molar-refractivity contribution is -0.140. The number of aliphatic carboxylic acids is 1. The summed E-state index contributed by atoms with van der Waals surface area (Å²) >= 11 is 1.96. The average Bonchev–Trinajstić information content (AvgIpc) is 2.65. The first kappa shape index (κ1) is 22.4. The van der Waals surface area contributed by atoms with Gasteiger partial charge in [-0.2, -0.15) is 5.26 Å². The molecule has 0 radical (unpaired) electrons. The van der Waals surface area contributed by atoms with Crippen LogP contribution >= 0.6 is 22.6 Å². The van der Waals surface area contributed by atoms with Crippen LogP contribution in [0.2, 0.25) is 0 Å². The Hall–Kier alpha value is -2.94. The van der Waals surface area contributed by atoms with Crippen LogP contribution in [0.15, 0.2) is 34.9 Å². The molecule has 1 aliphatic heterocycles. The summed E-state index contributed by atoms with van der Waals surface area (Å²) < 4.78 is 21.7. The van der Waals surface area contributed by atoms with Crippen molar-refractivity contribution in [1.82, 2.24) is 0 Å². The molecule has 0 saturated heterocycles. The minimum absolute atomic E-state index is 0.0516. The number of carboxylic acids is 1. The van der Waals surface area contributed by atoms with E-state index in [-0.39, 0.29) is 40.9 Å². The maximum Gasteiger partial charge on any atom is 0.341 e. The normalized spacial score (nSPS) is 16.0. The Morgan fingerprint density at radius 1 is 1.41 bits per heavy atom. The molecule has 0 saturated carbocycles. The zero-order valence-corrected chi connectivity index (χ0v) is 18.1. The average molecular weight is 514 g/mol. The predicted octanol–water partition coefficient (Wildman–Crippen LogP) is 2.41. The topological polar surface area (TPSA) is 141 Å². The third kappa shape index (κ3) is 4.73. The molecule has 1 aromatic rings. The first-order valence-corrected chi connectivity index (χ1v) is 9.50. The van der Waals surface area contributed by atoms with Crippen LogP contribution in [0.1, 0.15) is 25.3 Å². The molecule has 10 heteroatoms. The third-order valence-corrected chi connectivity index (χ3v) is 4.83. The lowest BCUT2D eigenvalue weighted by Gasteiger charge is -2.27. The second kappa shape index (κ2) is 9.51. The highest BCUT2D eigenvalue weighted by atomic mass is 127. The second-order valence-electron chi connectivity index (χ2n) is 5.83. The van der Waals surface area contributed by atoms with Gasteiger partial charge < -0.3 is 29.8 Å². The molecule has 9 nitrogen and oxygen atoms in total. The fraction of sp³-hybridized carbons (Fsp3) is 0.316. The Morgan fingerprint density at radius 2 is 2.10 bits per heavy atom. The highest BCUT2D eigenvalue weighted by molar-refractivity contribution is 14.1. The van der Waals surface area contributed by atoms with E-state index in [1.165, 1.54) is 7.11 Å². The molecule has 1 aromatic carbocycles. The Kier molecular flexibility index (Phi) is 7.33. The minimum atomic E-state index is -1.14. The van der Waals surface area contributed by atoms with Crippen LogP contribution in [0, 0.1) is 14.9 Å². The fourth-order valence-corrected chi connectivity index (χ4v) is 3.65. The van der Waals surface area contributed by atoms with Crippen molar-refractivity contribution in [2.75, 3.05) is 20.3 Å². The molecule has 1 atom stereocenters. The van der Waals surface area contributed by atoms with Gasteiger partial charge in [-0.3, -0.25) is 0 Å². The Balaban J connectivity index is 2.65. The van der Waals surface area contributed by atoms with Crippen molar-refractivity contribution >= 4 is 34.5 Å². The summed E-state index contributed by atoms with van der Waals surface area (Å²) in [5.74, 6) is -2.01. The van der Waals surface area contributed by atoms with E-state index in [1.807, 2.05) is 28.7 Å². The fourth-order valence-electron chi connectivity index (χ4n) is 2.87. The quantitative estimate of drug-likeness (QED) is 0.415. The van der Waals surface area contributed by atoms with Crippen molar-refractivity contribution in [3.63, 3.8) is 0 Å². The number of carbonyl (C=O) groups excluding carboxylic acids is 1. The summed E-state index contributed by atoms with van der Waals surface area (Å²) in [5.41, 5.74) is 6.60. The number of nitrogens with two attached hydrogens (primary N) is 1. The molecule has 0 bridgehead atoms. The van der Waals surface area contributed by atoms with Gasteiger partial charge in [0.1, 0.15) is 17.4 Å². The van der Waals surface area contributed by atoms with Gasteiger partial charge in [-0.25, -0.2) is 9.59 Å². The van der Waals surface area contributed by atoms with Gasteiger partial charge in [0.15, 0.2) is 18.1 Å². The number of nitriles is 1. The van der Waals surface area contributed by atoms with Crippen LogP contribution in [0.3, 0.4) is 0 Å². The van der Waals surface area contributed by atoms with Gasteiger partial charge in [-0.05, 0) is 54.1 Å². The molecule has 0 fully saturated rings. The van der Waals surface area contributed by atoms with E-state index in [9.17, 15) is 14.9 Å². The molecule has 29 heavy (non-hydrogen) atoms. The Bertz CT molecular complexity index is 947. The van der Waals surface area contributed by atoms with Crippen molar-refractivity contribution in [2.45, 2.75) is 19.8 Å². The molecule has 1 aliphatic rings. The first-order valence-electron chi connectivity index (χ1n) is 8.42. The van der Waals surface area contributed by atoms with Gasteiger partial charge in [0, 0.05) is 0 Å². The van der Waals surface area contributed by atoms with Crippen molar-refractivity contribution in [3.8, 4) is 17.6 Å². The van der Waals surface area contributed by atoms with E-state index in [2.05, 4.69) is 0 Å². The van der Waals surface area contributed by atoms with E-state index in [0.29, 0.717) is 9.13 Å². The molecule has 0 amide bonds.